The molecule has 1 saturated heterocycles. The Bertz CT molecular complexity index is 671. The van der Waals surface area contributed by atoms with E-state index in [-0.39, 0.29) is 23.9 Å². The average Bonchev–Trinajstić information content (AvgIpc) is 2.52. The molecule has 0 saturated carbocycles. The smallest absolute Gasteiger partial charge is 0.417 e. The molecule has 0 unspecified atom stereocenters. The van der Waals surface area contributed by atoms with E-state index in [9.17, 15) is 22.8 Å². The molecule has 1 fully saturated rings. The number of halogens is 4. The van der Waals surface area contributed by atoms with Crippen molar-refractivity contribution in [1.82, 2.24) is 9.88 Å². The topological polar surface area (TPSA) is 73.7 Å². The first kappa shape index (κ1) is 18.1. The summed E-state index contributed by atoms with van der Waals surface area (Å²) in [5, 5.41) is 8.38. The van der Waals surface area contributed by atoms with Crippen molar-refractivity contribution in [3.05, 3.63) is 35.0 Å². The normalized spacial score (nSPS) is 15.8. The molecule has 1 aromatic heterocycles. The minimum absolute atomic E-state index is 0.115. The molecule has 0 radical (unpaired) electrons. The lowest BCUT2D eigenvalue weighted by atomic mass is 10.2. The van der Waals surface area contributed by atoms with Crippen LogP contribution in [0.2, 0.25) is 5.02 Å². The molecule has 0 aliphatic carbocycles. The van der Waals surface area contributed by atoms with Gasteiger partial charge >= 0.3 is 12.1 Å². The third kappa shape index (κ3) is 4.38. The molecule has 1 amide bonds. The van der Waals surface area contributed by atoms with Gasteiger partial charge in [0, 0.05) is 44.5 Å². The number of nitrogens with zero attached hydrogens (tertiary/aromatic N) is 3. The van der Waals surface area contributed by atoms with E-state index in [0.717, 1.165) is 18.2 Å². The van der Waals surface area contributed by atoms with E-state index < -0.39 is 23.6 Å². The fraction of sp³-hybridized carbons (Fsp3) is 0.357. The fourth-order valence-electron chi connectivity index (χ4n) is 2.21. The van der Waals surface area contributed by atoms with Crippen molar-refractivity contribution in [3.63, 3.8) is 0 Å². The van der Waals surface area contributed by atoms with Gasteiger partial charge in [-0.25, -0.2) is 9.78 Å². The van der Waals surface area contributed by atoms with Crippen LogP contribution < -0.4 is 4.90 Å². The number of amides is 1. The maximum absolute atomic E-state index is 12.6. The number of aliphatic carboxylic acids is 1. The summed E-state index contributed by atoms with van der Waals surface area (Å²) in [6.45, 7) is 1.21. The summed E-state index contributed by atoms with van der Waals surface area (Å²) in [4.78, 5) is 29.0. The number of alkyl halides is 3. The third-order valence-electron chi connectivity index (χ3n) is 3.41. The molecule has 130 valence electrons. The number of anilines is 1. The van der Waals surface area contributed by atoms with Crippen molar-refractivity contribution in [2.45, 2.75) is 6.18 Å². The number of pyridine rings is 1. The molecule has 1 aromatic rings. The molecule has 0 aromatic carbocycles. The molecule has 6 nitrogen and oxygen atoms in total. The Labute approximate surface area is 140 Å². The highest BCUT2D eigenvalue weighted by Gasteiger charge is 2.32. The van der Waals surface area contributed by atoms with Crippen LogP contribution in [0.4, 0.5) is 19.0 Å². The SMILES string of the molecule is O=C(O)/C=C/C(=O)N1CCN(c2ncc(C(F)(F)F)cc2Cl)CC1. The van der Waals surface area contributed by atoms with Gasteiger partial charge in [-0.15, -0.1) is 0 Å². The summed E-state index contributed by atoms with van der Waals surface area (Å²) < 4.78 is 37.8. The first-order valence-electron chi connectivity index (χ1n) is 6.86. The van der Waals surface area contributed by atoms with Gasteiger partial charge in [0.1, 0.15) is 5.82 Å². The summed E-state index contributed by atoms with van der Waals surface area (Å²) in [6, 6.07) is 0.816. The second kappa shape index (κ2) is 7.08. The predicted octanol–water partition coefficient (Wildman–Crippen LogP) is 2.04. The van der Waals surface area contributed by atoms with E-state index in [0.29, 0.717) is 19.3 Å². The van der Waals surface area contributed by atoms with Gasteiger partial charge in [0.2, 0.25) is 5.91 Å². The van der Waals surface area contributed by atoms with Crippen LogP contribution in [0.15, 0.2) is 24.4 Å². The average molecular weight is 364 g/mol. The van der Waals surface area contributed by atoms with Crippen molar-refractivity contribution in [1.29, 1.82) is 0 Å². The number of piperazine rings is 1. The fourth-order valence-corrected chi connectivity index (χ4v) is 2.49. The number of hydrogen-bond acceptors (Lipinski definition) is 4. The molecule has 1 aliphatic rings. The van der Waals surface area contributed by atoms with Crippen LogP contribution >= 0.6 is 11.6 Å². The van der Waals surface area contributed by atoms with Crippen LogP contribution in [0.25, 0.3) is 0 Å². The first-order valence-corrected chi connectivity index (χ1v) is 7.24. The Morgan fingerprint density at radius 1 is 1.21 bits per heavy atom. The van der Waals surface area contributed by atoms with Crippen LogP contribution in [0.1, 0.15) is 5.56 Å². The van der Waals surface area contributed by atoms with Crippen molar-refractivity contribution in [2.24, 2.45) is 0 Å². The molecule has 2 heterocycles. The van der Waals surface area contributed by atoms with E-state index in [1.807, 2.05) is 0 Å². The van der Waals surface area contributed by atoms with Gasteiger partial charge in [0.05, 0.1) is 10.6 Å². The van der Waals surface area contributed by atoms with Crippen LogP contribution in [-0.2, 0) is 15.8 Å². The standard InChI is InChI=1S/C14H13ClF3N3O3/c15-10-7-9(14(16,17)18)8-19-13(10)21-5-3-20(4-6-21)11(22)1-2-12(23)24/h1-2,7-8H,3-6H2,(H,23,24)/b2-1+. The quantitative estimate of drug-likeness (QED) is 0.832. The Balaban J connectivity index is 2.02. The molecule has 1 aliphatic heterocycles. The minimum atomic E-state index is -4.52. The highest BCUT2D eigenvalue weighted by molar-refractivity contribution is 6.33. The molecule has 1 N–H and O–H groups in total. The molecule has 24 heavy (non-hydrogen) atoms. The lowest BCUT2D eigenvalue weighted by Gasteiger charge is -2.35. The van der Waals surface area contributed by atoms with E-state index in [2.05, 4.69) is 4.98 Å². The number of carbonyl (C=O) groups is 2. The zero-order valence-corrected chi connectivity index (χ0v) is 13.0. The summed E-state index contributed by atoms with van der Waals surface area (Å²) in [7, 11) is 0. The monoisotopic (exact) mass is 363 g/mol. The first-order chi connectivity index (χ1) is 11.2. The van der Waals surface area contributed by atoms with Gasteiger partial charge in [0.15, 0.2) is 0 Å². The van der Waals surface area contributed by atoms with Gasteiger partial charge in [0.25, 0.3) is 0 Å². The molecular weight excluding hydrogens is 351 g/mol. The van der Waals surface area contributed by atoms with Crippen LogP contribution in [0.5, 0.6) is 0 Å². The zero-order chi connectivity index (χ0) is 17.9. The van der Waals surface area contributed by atoms with E-state index in [4.69, 9.17) is 16.7 Å². The lowest BCUT2D eigenvalue weighted by molar-refractivity contribution is -0.138. The van der Waals surface area contributed by atoms with Crippen LogP contribution in [0.3, 0.4) is 0 Å². The molecular formula is C14H13ClF3N3O3. The van der Waals surface area contributed by atoms with Gasteiger partial charge in [-0.1, -0.05) is 11.6 Å². The molecule has 10 heteroatoms. The second-order valence-corrected chi connectivity index (χ2v) is 5.42. The van der Waals surface area contributed by atoms with E-state index in [1.165, 1.54) is 4.90 Å². The summed E-state index contributed by atoms with van der Waals surface area (Å²) in [5.41, 5.74) is -0.927. The lowest BCUT2D eigenvalue weighted by Crippen LogP contribution is -2.48. The van der Waals surface area contributed by atoms with Gasteiger partial charge in [-0.05, 0) is 6.07 Å². The van der Waals surface area contributed by atoms with Crippen molar-refractivity contribution < 1.29 is 27.9 Å². The van der Waals surface area contributed by atoms with Crippen LogP contribution in [-0.4, -0.2) is 53.0 Å². The number of carboxylic acids is 1. The summed E-state index contributed by atoms with van der Waals surface area (Å²) in [6.07, 6.45) is -2.09. The number of rotatable bonds is 3. The molecule has 2 rings (SSSR count). The maximum Gasteiger partial charge on any atom is 0.417 e. The van der Waals surface area contributed by atoms with Gasteiger partial charge in [-0.3, -0.25) is 4.79 Å². The number of carbonyl (C=O) groups excluding carboxylic acids is 1. The Morgan fingerprint density at radius 3 is 2.33 bits per heavy atom. The molecule has 0 bridgehead atoms. The Hall–Kier alpha value is -2.29. The molecule has 0 atom stereocenters. The highest BCUT2D eigenvalue weighted by Crippen LogP contribution is 2.33. The van der Waals surface area contributed by atoms with Gasteiger partial charge < -0.3 is 14.9 Å². The Morgan fingerprint density at radius 2 is 1.83 bits per heavy atom. The van der Waals surface area contributed by atoms with Crippen molar-refractivity contribution in [2.75, 3.05) is 31.1 Å². The van der Waals surface area contributed by atoms with Crippen molar-refractivity contribution in [3.8, 4) is 0 Å². The number of carboxylic acid groups (broad SMARTS) is 1. The second-order valence-electron chi connectivity index (χ2n) is 5.01. The number of hydrogen-bond donors (Lipinski definition) is 1. The zero-order valence-electron chi connectivity index (χ0n) is 12.3. The summed E-state index contributed by atoms with van der Waals surface area (Å²) in [5.74, 6) is -1.44. The van der Waals surface area contributed by atoms with E-state index in [1.54, 1.807) is 4.90 Å². The van der Waals surface area contributed by atoms with Crippen LogP contribution in [0, 0.1) is 0 Å². The predicted molar refractivity (Wildman–Crippen MR) is 79.8 cm³/mol. The molecule has 0 spiro atoms. The highest BCUT2D eigenvalue weighted by atomic mass is 35.5. The number of aromatic nitrogens is 1. The van der Waals surface area contributed by atoms with Crippen molar-refractivity contribution >= 4 is 29.3 Å². The minimum Gasteiger partial charge on any atom is -0.478 e. The van der Waals surface area contributed by atoms with E-state index >= 15 is 0 Å². The van der Waals surface area contributed by atoms with Gasteiger partial charge in [-0.2, -0.15) is 13.2 Å². The summed E-state index contributed by atoms with van der Waals surface area (Å²) >= 11 is 5.89. The largest absolute Gasteiger partial charge is 0.478 e. The maximum atomic E-state index is 12.6. The Kier molecular flexibility index (Phi) is 5.33. The third-order valence-corrected chi connectivity index (χ3v) is 3.69.